The molecule has 19 heavy (non-hydrogen) atoms. The Morgan fingerprint density at radius 2 is 1.79 bits per heavy atom. The van der Waals surface area contributed by atoms with Gasteiger partial charge in [0.25, 0.3) is 0 Å². The maximum atomic E-state index is 12.1. The Kier molecular flexibility index (Phi) is 5.84. The molecule has 0 aliphatic heterocycles. The zero-order valence-electron chi connectivity index (χ0n) is 13.0. The van der Waals surface area contributed by atoms with E-state index in [1.165, 1.54) is 0 Å². The molecule has 1 aliphatic rings. The van der Waals surface area contributed by atoms with E-state index < -0.39 is 5.60 Å². The number of esters is 1. The predicted molar refractivity (Wildman–Crippen MR) is 76.9 cm³/mol. The number of hydrogen-bond donors (Lipinski definition) is 1. The van der Waals surface area contributed by atoms with Crippen LogP contribution in [0, 0.1) is 5.41 Å². The summed E-state index contributed by atoms with van der Waals surface area (Å²) in [4.78, 5) is 12.1. The van der Waals surface area contributed by atoms with E-state index >= 15 is 0 Å². The van der Waals surface area contributed by atoms with Crippen LogP contribution in [-0.4, -0.2) is 22.8 Å². The van der Waals surface area contributed by atoms with E-state index in [-0.39, 0.29) is 17.5 Å². The molecule has 0 aromatic rings. The highest BCUT2D eigenvalue weighted by molar-refractivity contribution is 5.75. The minimum atomic E-state index is -0.488. The number of ether oxygens (including phenoxy) is 1. The van der Waals surface area contributed by atoms with E-state index in [4.69, 9.17) is 4.74 Å². The van der Waals surface area contributed by atoms with Crippen molar-refractivity contribution < 1.29 is 14.6 Å². The van der Waals surface area contributed by atoms with E-state index in [1.54, 1.807) is 0 Å². The summed E-state index contributed by atoms with van der Waals surface area (Å²) < 4.78 is 5.66. The first-order valence-electron chi connectivity index (χ1n) is 7.76. The zero-order valence-corrected chi connectivity index (χ0v) is 13.0. The molecule has 0 bridgehead atoms. The van der Waals surface area contributed by atoms with E-state index in [9.17, 15) is 9.90 Å². The molecule has 0 saturated heterocycles. The van der Waals surface area contributed by atoms with Crippen LogP contribution in [0.4, 0.5) is 0 Å². The second-order valence-corrected chi connectivity index (χ2v) is 6.63. The second-order valence-electron chi connectivity index (χ2n) is 6.63. The first-order chi connectivity index (χ1) is 8.83. The van der Waals surface area contributed by atoms with Crippen LogP contribution in [0.15, 0.2) is 0 Å². The molecule has 3 heteroatoms. The van der Waals surface area contributed by atoms with Crippen molar-refractivity contribution in [2.45, 2.75) is 90.8 Å². The molecule has 1 aliphatic carbocycles. The predicted octanol–water partition coefficient (Wildman–Crippen LogP) is 3.83. The average Bonchev–Trinajstić information content (AvgIpc) is 2.35. The summed E-state index contributed by atoms with van der Waals surface area (Å²) in [5.74, 6) is -0.0775. The van der Waals surface area contributed by atoms with Crippen LogP contribution < -0.4 is 0 Å². The van der Waals surface area contributed by atoms with E-state index in [0.717, 1.165) is 51.4 Å². The SMILES string of the molecule is CCC1(O)CCCC(OC(=O)C(C)(C)CC)CCC1. The number of carbonyl (C=O) groups is 1. The molecule has 112 valence electrons. The van der Waals surface area contributed by atoms with Crippen molar-refractivity contribution in [2.24, 2.45) is 5.41 Å². The molecule has 0 unspecified atom stereocenters. The summed E-state index contributed by atoms with van der Waals surface area (Å²) >= 11 is 0. The van der Waals surface area contributed by atoms with Crippen LogP contribution in [0.2, 0.25) is 0 Å². The Hall–Kier alpha value is -0.570. The molecular weight excluding hydrogens is 240 g/mol. The van der Waals surface area contributed by atoms with Gasteiger partial charge in [-0.15, -0.1) is 0 Å². The third kappa shape index (κ3) is 4.79. The fraction of sp³-hybridized carbons (Fsp3) is 0.938. The summed E-state index contributed by atoms with van der Waals surface area (Å²) in [5.41, 5.74) is -0.871. The third-order valence-electron chi connectivity index (χ3n) is 4.70. The Labute approximate surface area is 117 Å². The topological polar surface area (TPSA) is 46.5 Å². The number of hydrogen-bond acceptors (Lipinski definition) is 3. The van der Waals surface area contributed by atoms with Gasteiger partial charge in [-0.05, 0) is 65.2 Å². The van der Waals surface area contributed by atoms with Gasteiger partial charge >= 0.3 is 5.97 Å². The van der Waals surface area contributed by atoms with Gasteiger partial charge in [0.15, 0.2) is 0 Å². The van der Waals surface area contributed by atoms with Crippen molar-refractivity contribution >= 4 is 5.97 Å². The molecule has 1 N–H and O–H groups in total. The number of aliphatic hydroxyl groups is 1. The van der Waals surface area contributed by atoms with Crippen LogP contribution >= 0.6 is 0 Å². The highest BCUT2D eigenvalue weighted by atomic mass is 16.5. The molecule has 0 amide bonds. The van der Waals surface area contributed by atoms with Gasteiger partial charge in [0, 0.05) is 0 Å². The molecule has 0 atom stereocenters. The summed E-state index contributed by atoms with van der Waals surface area (Å²) in [6.07, 6.45) is 6.96. The highest BCUT2D eigenvalue weighted by Gasteiger charge is 2.32. The van der Waals surface area contributed by atoms with Gasteiger partial charge < -0.3 is 9.84 Å². The molecule has 1 saturated carbocycles. The van der Waals surface area contributed by atoms with Gasteiger partial charge in [0.05, 0.1) is 11.0 Å². The van der Waals surface area contributed by atoms with Crippen molar-refractivity contribution in [3.8, 4) is 0 Å². The number of carbonyl (C=O) groups excluding carboxylic acids is 1. The van der Waals surface area contributed by atoms with E-state index in [0.29, 0.717) is 0 Å². The molecule has 1 fully saturated rings. The minimum Gasteiger partial charge on any atom is -0.462 e. The van der Waals surface area contributed by atoms with Crippen molar-refractivity contribution in [1.82, 2.24) is 0 Å². The first-order valence-corrected chi connectivity index (χ1v) is 7.76. The smallest absolute Gasteiger partial charge is 0.311 e. The van der Waals surface area contributed by atoms with Crippen LogP contribution in [0.5, 0.6) is 0 Å². The maximum Gasteiger partial charge on any atom is 0.311 e. The van der Waals surface area contributed by atoms with Gasteiger partial charge in [0.2, 0.25) is 0 Å². The van der Waals surface area contributed by atoms with Crippen molar-refractivity contribution in [3.63, 3.8) is 0 Å². The Morgan fingerprint density at radius 3 is 2.21 bits per heavy atom. The molecule has 0 aromatic heterocycles. The minimum absolute atomic E-state index is 0.0414. The lowest BCUT2D eigenvalue weighted by molar-refractivity contribution is -0.161. The molecule has 0 radical (unpaired) electrons. The summed E-state index contributed by atoms with van der Waals surface area (Å²) in [5, 5.41) is 10.3. The van der Waals surface area contributed by atoms with E-state index in [2.05, 4.69) is 0 Å². The van der Waals surface area contributed by atoms with Crippen LogP contribution in [0.1, 0.15) is 79.1 Å². The van der Waals surface area contributed by atoms with Gasteiger partial charge in [0.1, 0.15) is 6.10 Å². The van der Waals surface area contributed by atoms with Crippen molar-refractivity contribution in [3.05, 3.63) is 0 Å². The lowest BCUT2D eigenvalue weighted by Crippen LogP contribution is -2.33. The summed E-state index contributed by atoms with van der Waals surface area (Å²) in [7, 11) is 0. The molecular formula is C16H30O3. The quantitative estimate of drug-likeness (QED) is 0.790. The molecule has 0 aromatic carbocycles. The molecule has 3 nitrogen and oxygen atoms in total. The summed E-state index contributed by atoms with van der Waals surface area (Å²) in [6.45, 7) is 7.94. The first kappa shape index (κ1) is 16.5. The molecule has 0 spiro atoms. The Balaban J connectivity index is 2.48. The van der Waals surface area contributed by atoms with Gasteiger partial charge in [-0.2, -0.15) is 0 Å². The van der Waals surface area contributed by atoms with Gasteiger partial charge in [-0.3, -0.25) is 4.79 Å². The van der Waals surface area contributed by atoms with Crippen molar-refractivity contribution in [2.75, 3.05) is 0 Å². The van der Waals surface area contributed by atoms with E-state index in [1.807, 2.05) is 27.7 Å². The van der Waals surface area contributed by atoms with Crippen LogP contribution in [0.25, 0.3) is 0 Å². The van der Waals surface area contributed by atoms with Crippen LogP contribution in [0.3, 0.4) is 0 Å². The summed E-state index contributed by atoms with van der Waals surface area (Å²) in [6, 6.07) is 0. The normalized spacial score (nSPS) is 29.4. The van der Waals surface area contributed by atoms with Gasteiger partial charge in [-0.25, -0.2) is 0 Å². The lowest BCUT2D eigenvalue weighted by Gasteiger charge is -2.32. The van der Waals surface area contributed by atoms with Gasteiger partial charge in [-0.1, -0.05) is 13.8 Å². The average molecular weight is 270 g/mol. The molecule has 0 heterocycles. The largest absolute Gasteiger partial charge is 0.462 e. The standard InChI is InChI=1S/C16H30O3/c1-5-15(3,4)14(17)19-13-9-7-11-16(18,6-2)12-8-10-13/h13,18H,5-12H2,1-4H3. The Bertz CT molecular complexity index is 286. The monoisotopic (exact) mass is 270 g/mol. The third-order valence-corrected chi connectivity index (χ3v) is 4.70. The lowest BCUT2D eigenvalue weighted by atomic mass is 9.84. The maximum absolute atomic E-state index is 12.1. The Morgan fingerprint density at radius 1 is 1.26 bits per heavy atom. The second kappa shape index (κ2) is 6.74. The van der Waals surface area contributed by atoms with Crippen molar-refractivity contribution in [1.29, 1.82) is 0 Å². The fourth-order valence-electron chi connectivity index (χ4n) is 2.51. The number of rotatable bonds is 4. The van der Waals surface area contributed by atoms with Crippen LogP contribution in [-0.2, 0) is 9.53 Å². The molecule has 1 rings (SSSR count). The zero-order chi connectivity index (χ0) is 14.5. The highest BCUT2D eigenvalue weighted by Crippen LogP contribution is 2.31. The fourth-order valence-corrected chi connectivity index (χ4v) is 2.51.